The first-order chi connectivity index (χ1) is 13.1. The van der Waals surface area contributed by atoms with Gasteiger partial charge < -0.3 is 0 Å². The molecule has 27 heavy (non-hydrogen) atoms. The molecule has 0 fully saturated rings. The van der Waals surface area contributed by atoms with Crippen LogP contribution in [0, 0.1) is 36.5 Å². The predicted molar refractivity (Wildman–Crippen MR) is 115 cm³/mol. The highest BCUT2D eigenvalue weighted by molar-refractivity contribution is 8.18. The second-order valence-electron chi connectivity index (χ2n) is 5.68. The maximum atomic E-state index is 9.45. The second kappa shape index (κ2) is 8.96. The van der Waals surface area contributed by atoms with Gasteiger partial charge in [-0.25, -0.2) is 0 Å². The average molecular weight is 407 g/mol. The van der Waals surface area contributed by atoms with Crippen LogP contribution in [0.2, 0.25) is 0 Å². The fourth-order valence-electron chi connectivity index (χ4n) is 2.20. The largest absolute Gasteiger partial charge is 0.192 e. The van der Waals surface area contributed by atoms with Gasteiger partial charge in [-0.2, -0.15) is 19.3 Å². The van der Waals surface area contributed by atoms with Crippen molar-refractivity contribution in [2.24, 2.45) is 8.80 Å². The van der Waals surface area contributed by atoms with E-state index in [9.17, 15) is 10.5 Å². The van der Waals surface area contributed by atoms with Crippen molar-refractivity contribution in [3.05, 3.63) is 70.8 Å². The molecule has 0 bridgehead atoms. The van der Waals surface area contributed by atoms with Crippen molar-refractivity contribution in [2.45, 2.75) is 23.6 Å². The molecule has 0 unspecified atom stereocenters. The Morgan fingerprint density at radius 2 is 1.19 bits per heavy atom. The summed E-state index contributed by atoms with van der Waals surface area (Å²) < 4.78 is 8.77. The number of aryl methyl sites for hydroxylation is 2. The Balaban J connectivity index is 1.95. The lowest BCUT2D eigenvalue weighted by Gasteiger charge is -2.16. The van der Waals surface area contributed by atoms with Gasteiger partial charge in [0, 0.05) is 9.79 Å². The van der Waals surface area contributed by atoms with E-state index in [1.54, 1.807) is 0 Å². The summed E-state index contributed by atoms with van der Waals surface area (Å²) in [5.41, 5.74) is 2.85. The van der Waals surface area contributed by atoms with Crippen LogP contribution >= 0.6 is 35.7 Å². The van der Waals surface area contributed by atoms with Crippen LogP contribution in [0.1, 0.15) is 11.1 Å². The lowest BCUT2D eigenvalue weighted by atomic mass is 10.1. The van der Waals surface area contributed by atoms with E-state index >= 15 is 0 Å². The smallest absolute Gasteiger partial charge is 0.142 e. The van der Waals surface area contributed by atoms with Crippen molar-refractivity contribution >= 4 is 45.7 Å². The summed E-state index contributed by atoms with van der Waals surface area (Å²) in [5.74, 6) is 0. The van der Waals surface area contributed by atoms with Crippen molar-refractivity contribution in [3.63, 3.8) is 0 Å². The van der Waals surface area contributed by atoms with Crippen LogP contribution in [-0.2, 0) is 0 Å². The highest BCUT2D eigenvalue weighted by Gasteiger charge is 2.25. The maximum absolute atomic E-state index is 9.45. The van der Waals surface area contributed by atoms with Gasteiger partial charge in [-0.15, -0.1) is 0 Å². The SMILES string of the molecule is Cc1ccc(SC2=NSN=C(Sc3ccc(C)cc3)C2=C(C#N)C#N)cc1. The first-order valence-corrected chi connectivity index (χ1v) is 10.3. The third kappa shape index (κ3) is 4.84. The molecule has 1 aliphatic heterocycles. The summed E-state index contributed by atoms with van der Waals surface area (Å²) in [6, 6.07) is 20.1. The molecule has 1 heterocycles. The minimum absolute atomic E-state index is 0.0204. The number of allylic oxidation sites excluding steroid dienone is 1. The molecular weight excluding hydrogens is 392 g/mol. The Hall–Kier alpha value is -2.45. The standard InChI is InChI=1S/C20H14N4S3/c1-13-3-7-16(8-4-13)25-19-18(15(11-21)12-22)20(24-27-23-19)26-17-9-5-14(2)6-10-17/h3-10H,1-2H3. The number of thioether (sulfide) groups is 2. The normalized spacial score (nSPS) is 13.3. The van der Waals surface area contributed by atoms with E-state index in [1.807, 2.05) is 74.5 Å². The van der Waals surface area contributed by atoms with Crippen LogP contribution in [-0.4, -0.2) is 10.1 Å². The third-order valence-electron chi connectivity index (χ3n) is 3.62. The molecule has 2 aromatic carbocycles. The van der Waals surface area contributed by atoms with Gasteiger partial charge in [0.05, 0.1) is 5.57 Å². The minimum atomic E-state index is 0.0204. The fourth-order valence-corrected chi connectivity index (χ4v) is 4.73. The van der Waals surface area contributed by atoms with E-state index in [0.29, 0.717) is 15.7 Å². The minimum Gasteiger partial charge on any atom is -0.192 e. The second-order valence-corrected chi connectivity index (χ2v) is 8.33. The zero-order valence-corrected chi connectivity index (χ0v) is 17.1. The molecule has 4 nitrogen and oxygen atoms in total. The van der Waals surface area contributed by atoms with Crippen molar-refractivity contribution < 1.29 is 0 Å². The maximum Gasteiger partial charge on any atom is 0.142 e. The fraction of sp³-hybridized carbons (Fsp3) is 0.100. The van der Waals surface area contributed by atoms with Crippen molar-refractivity contribution in [1.29, 1.82) is 10.5 Å². The molecule has 2 aromatic rings. The first-order valence-electron chi connectivity index (χ1n) is 7.97. The molecule has 0 aromatic heterocycles. The Kier molecular flexibility index (Phi) is 6.41. The van der Waals surface area contributed by atoms with E-state index in [1.165, 1.54) is 34.7 Å². The molecule has 0 amide bonds. The Bertz CT molecular complexity index is 939. The first kappa shape index (κ1) is 19.3. The van der Waals surface area contributed by atoms with Crippen LogP contribution in [0.5, 0.6) is 0 Å². The van der Waals surface area contributed by atoms with Crippen LogP contribution in [0.3, 0.4) is 0 Å². The van der Waals surface area contributed by atoms with Gasteiger partial charge in [0.25, 0.3) is 0 Å². The van der Waals surface area contributed by atoms with Gasteiger partial charge in [0.15, 0.2) is 0 Å². The van der Waals surface area contributed by atoms with E-state index < -0.39 is 0 Å². The van der Waals surface area contributed by atoms with Gasteiger partial charge >= 0.3 is 0 Å². The van der Waals surface area contributed by atoms with Crippen molar-refractivity contribution in [1.82, 2.24) is 0 Å². The number of hydrogen-bond donors (Lipinski definition) is 0. The Labute approximate surface area is 171 Å². The summed E-state index contributed by atoms with van der Waals surface area (Å²) in [6.07, 6.45) is 0. The Morgan fingerprint density at radius 1 is 0.778 bits per heavy atom. The van der Waals surface area contributed by atoms with Gasteiger partial charge in [-0.3, -0.25) is 0 Å². The monoisotopic (exact) mass is 406 g/mol. The predicted octanol–water partition coefficient (Wildman–Crippen LogP) is 5.91. The topological polar surface area (TPSA) is 72.3 Å². The quantitative estimate of drug-likeness (QED) is 0.458. The lowest BCUT2D eigenvalue weighted by molar-refractivity contribution is 1.38. The summed E-state index contributed by atoms with van der Waals surface area (Å²) in [4.78, 5) is 1.99. The van der Waals surface area contributed by atoms with Crippen LogP contribution in [0.25, 0.3) is 0 Å². The molecule has 0 spiro atoms. The van der Waals surface area contributed by atoms with E-state index in [4.69, 9.17) is 0 Å². The van der Waals surface area contributed by atoms with Gasteiger partial charge in [0.1, 0.15) is 39.9 Å². The molecule has 0 atom stereocenters. The molecule has 0 N–H and O–H groups in total. The number of rotatable bonds is 2. The number of nitriles is 2. The van der Waals surface area contributed by atoms with Gasteiger partial charge in [-0.05, 0) is 38.1 Å². The number of benzene rings is 2. The number of nitrogens with zero attached hydrogens (tertiary/aromatic N) is 4. The van der Waals surface area contributed by atoms with Crippen LogP contribution in [0.15, 0.2) is 78.3 Å². The highest BCUT2D eigenvalue weighted by atomic mass is 32.2. The van der Waals surface area contributed by atoms with Gasteiger partial charge in [0.2, 0.25) is 0 Å². The number of hydrogen-bond acceptors (Lipinski definition) is 7. The molecule has 7 heteroatoms. The molecule has 0 radical (unpaired) electrons. The molecular formula is C20H14N4S3. The molecule has 0 saturated carbocycles. The highest BCUT2D eigenvalue weighted by Crippen LogP contribution is 2.36. The molecule has 1 aliphatic rings. The van der Waals surface area contributed by atoms with E-state index in [0.717, 1.165) is 21.9 Å². The summed E-state index contributed by atoms with van der Waals surface area (Å²) in [5, 5.41) is 20.1. The van der Waals surface area contributed by atoms with E-state index in [-0.39, 0.29) is 5.57 Å². The van der Waals surface area contributed by atoms with Crippen LogP contribution in [0.4, 0.5) is 0 Å². The molecule has 0 aliphatic carbocycles. The van der Waals surface area contributed by atoms with E-state index in [2.05, 4.69) is 8.80 Å². The zero-order chi connectivity index (χ0) is 19.2. The third-order valence-corrected chi connectivity index (χ3v) is 6.37. The molecule has 3 rings (SSSR count). The zero-order valence-electron chi connectivity index (χ0n) is 14.6. The summed E-state index contributed by atoms with van der Waals surface area (Å²) >= 11 is 3.94. The molecule has 132 valence electrons. The average Bonchev–Trinajstić information content (AvgIpc) is 2.68. The molecule has 0 saturated heterocycles. The lowest BCUT2D eigenvalue weighted by Crippen LogP contribution is -2.12. The van der Waals surface area contributed by atoms with Crippen molar-refractivity contribution in [3.8, 4) is 12.1 Å². The Morgan fingerprint density at radius 3 is 1.56 bits per heavy atom. The van der Waals surface area contributed by atoms with Crippen molar-refractivity contribution in [2.75, 3.05) is 0 Å². The summed E-state index contributed by atoms with van der Waals surface area (Å²) in [6.45, 7) is 4.06. The summed E-state index contributed by atoms with van der Waals surface area (Å²) in [7, 11) is 0. The van der Waals surface area contributed by atoms with Gasteiger partial charge in [-0.1, -0.05) is 58.9 Å². The van der Waals surface area contributed by atoms with Crippen LogP contribution < -0.4 is 0 Å².